The maximum absolute atomic E-state index is 12.0. The van der Waals surface area contributed by atoms with Crippen LogP contribution in [0.3, 0.4) is 0 Å². The van der Waals surface area contributed by atoms with Gasteiger partial charge in [0.25, 0.3) is 0 Å². The zero-order valence-corrected chi connectivity index (χ0v) is 12.6. The largest absolute Gasteiger partial charge is 0.487 e. The first kappa shape index (κ1) is 16.3. The van der Waals surface area contributed by atoms with Crippen LogP contribution in [-0.4, -0.2) is 57.3 Å². The van der Waals surface area contributed by atoms with Crippen molar-refractivity contribution in [1.29, 1.82) is 0 Å². The van der Waals surface area contributed by atoms with Crippen LogP contribution in [0.5, 0.6) is 11.5 Å². The molecule has 0 radical (unpaired) electrons. The predicted octanol–water partition coefficient (Wildman–Crippen LogP) is 1.31. The molecule has 0 aliphatic heterocycles. The predicted molar refractivity (Wildman–Crippen MR) is 78.4 cm³/mol. The van der Waals surface area contributed by atoms with Crippen LogP contribution in [-0.2, 0) is 15.9 Å². The zero-order valence-electron chi connectivity index (χ0n) is 12.6. The molecule has 0 saturated carbocycles. The average molecular weight is 309 g/mol. The molecule has 1 aliphatic rings. The molecule has 0 bridgehead atoms. The van der Waals surface area contributed by atoms with E-state index in [1.165, 1.54) is 0 Å². The molecule has 2 rings (SSSR count). The second-order valence-corrected chi connectivity index (χ2v) is 4.69. The van der Waals surface area contributed by atoms with Crippen LogP contribution in [0.25, 0.3) is 0 Å². The summed E-state index contributed by atoms with van der Waals surface area (Å²) in [4.78, 5) is 12.0. The zero-order chi connectivity index (χ0) is 15.9. The van der Waals surface area contributed by atoms with Crippen LogP contribution in [0.1, 0.15) is 15.9 Å². The van der Waals surface area contributed by atoms with Gasteiger partial charge in [0.1, 0.15) is 18.9 Å². The van der Waals surface area contributed by atoms with Gasteiger partial charge in [-0.1, -0.05) is 5.16 Å². The molecule has 7 heteroatoms. The van der Waals surface area contributed by atoms with Crippen LogP contribution >= 0.6 is 0 Å². The summed E-state index contributed by atoms with van der Waals surface area (Å²) in [5, 5.41) is 11.9. The number of fused-ring (bicyclic) bond motifs is 1. The Kier molecular flexibility index (Phi) is 5.74. The fourth-order valence-electron chi connectivity index (χ4n) is 2.15. The first-order valence-electron chi connectivity index (χ1n) is 6.87. The Morgan fingerprint density at radius 1 is 1.05 bits per heavy atom. The molecule has 1 aliphatic carbocycles. The van der Waals surface area contributed by atoms with Crippen molar-refractivity contribution in [2.24, 2.45) is 5.16 Å². The number of hydrogen-bond acceptors (Lipinski definition) is 7. The summed E-state index contributed by atoms with van der Waals surface area (Å²) in [5.74, 6) is 0.691. The summed E-state index contributed by atoms with van der Waals surface area (Å²) >= 11 is 0. The highest BCUT2D eigenvalue weighted by Crippen LogP contribution is 2.34. The van der Waals surface area contributed by atoms with Crippen molar-refractivity contribution in [1.82, 2.24) is 0 Å². The lowest BCUT2D eigenvalue weighted by Crippen LogP contribution is -2.10. The number of methoxy groups -OCH3 is 2. The van der Waals surface area contributed by atoms with E-state index in [9.17, 15) is 4.79 Å². The van der Waals surface area contributed by atoms with Crippen molar-refractivity contribution < 1.29 is 28.9 Å². The van der Waals surface area contributed by atoms with Gasteiger partial charge in [-0.15, -0.1) is 0 Å². The number of carbonyl (C=O) groups is 1. The van der Waals surface area contributed by atoms with Crippen molar-refractivity contribution in [2.45, 2.75) is 6.42 Å². The summed E-state index contributed by atoms with van der Waals surface area (Å²) in [6, 6.07) is 3.36. The molecule has 7 nitrogen and oxygen atoms in total. The minimum atomic E-state index is -0.294. The molecule has 0 atom stereocenters. The van der Waals surface area contributed by atoms with Gasteiger partial charge < -0.3 is 24.2 Å². The Balaban J connectivity index is 2.25. The number of ketones is 1. The first-order chi connectivity index (χ1) is 10.7. The average Bonchev–Trinajstić information content (AvgIpc) is 2.83. The molecule has 0 aromatic heterocycles. The van der Waals surface area contributed by atoms with E-state index in [2.05, 4.69) is 5.16 Å². The normalized spacial score (nSPS) is 15.2. The monoisotopic (exact) mass is 309 g/mol. The lowest BCUT2D eigenvalue weighted by atomic mass is 10.1. The summed E-state index contributed by atoms with van der Waals surface area (Å²) < 4.78 is 21.1. The maximum Gasteiger partial charge on any atom is 0.211 e. The van der Waals surface area contributed by atoms with E-state index in [4.69, 9.17) is 24.2 Å². The number of oxime groups is 1. The Labute approximate surface area is 128 Å². The number of Topliss-reactive ketones (excluding diaryl/α,β-unsaturated/α-hetero) is 1. The standard InChI is InChI=1S/C15H19NO6/c1-19-3-5-21-13-8-10-7-12(16-18)15(17)11(10)9-14(13)22-6-4-20-2/h8-9,18H,3-7H2,1-2H3/b16-12+. The van der Waals surface area contributed by atoms with Gasteiger partial charge in [-0.25, -0.2) is 0 Å². The molecular formula is C15H19NO6. The third kappa shape index (κ3) is 3.55. The molecule has 0 amide bonds. The second kappa shape index (κ2) is 7.77. The Hall–Kier alpha value is -2.12. The fraction of sp³-hybridized carbons (Fsp3) is 0.467. The van der Waals surface area contributed by atoms with E-state index < -0.39 is 0 Å². The minimum Gasteiger partial charge on any atom is -0.487 e. The number of benzene rings is 1. The van der Waals surface area contributed by atoms with Crippen molar-refractivity contribution >= 4 is 11.5 Å². The summed E-state index contributed by atoms with van der Waals surface area (Å²) in [7, 11) is 3.17. The number of hydrogen-bond donors (Lipinski definition) is 1. The smallest absolute Gasteiger partial charge is 0.211 e. The van der Waals surface area contributed by atoms with Crippen LogP contribution in [0.4, 0.5) is 0 Å². The van der Waals surface area contributed by atoms with E-state index in [0.29, 0.717) is 43.5 Å². The van der Waals surface area contributed by atoms with Crippen molar-refractivity contribution in [3.63, 3.8) is 0 Å². The van der Waals surface area contributed by atoms with Gasteiger partial charge in [-0.05, 0) is 17.7 Å². The summed E-state index contributed by atoms with van der Waals surface area (Å²) in [6.45, 7) is 1.57. The number of nitrogens with zero attached hydrogens (tertiary/aromatic N) is 1. The Morgan fingerprint density at radius 2 is 1.64 bits per heavy atom. The number of ether oxygens (including phenoxy) is 4. The van der Waals surface area contributed by atoms with Crippen molar-refractivity contribution in [2.75, 3.05) is 40.6 Å². The number of rotatable bonds is 8. The summed E-state index contributed by atoms with van der Waals surface area (Å²) in [6.07, 6.45) is 0.281. The molecule has 0 spiro atoms. The van der Waals surface area contributed by atoms with Gasteiger partial charge in [0.2, 0.25) is 5.78 Å². The van der Waals surface area contributed by atoms with E-state index >= 15 is 0 Å². The highest BCUT2D eigenvalue weighted by Gasteiger charge is 2.29. The maximum atomic E-state index is 12.0. The molecule has 0 unspecified atom stereocenters. The lowest BCUT2D eigenvalue weighted by molar-refractivity contribution is 0.106. The second-order valence-electron chi connectivity index (χ2n) is 4.69. The molecule has 120 valence electrons. The van der Waals surface area contributed by atoms with E-state index in [1.807, 2.05) is 0 Å². The van der Waals surface area contributed by atoms with Crippen molar-refractivity contribution in [3.05, 3.63) is 23.3 Å². The third-order valence-electron chi connectivity index (χ3n) is 3.24. The Bertz CT molecular complexity index is 569. The van der Waals surface area contributed by atoms with Gasteiger partial charge >= 0.3 is 0 Å². The van der Waals surface area contributed by atoms with Crippen LogP contribution < -0.4 is 9.47 Å². The molecule has 1 N–H and O–H groups in total. The Morgan fingerprint density at radius 3 is 2.18 bits per heavy atom. The third-order valence-corrected chi connectivity index (χ3v) is 3.24. The molecule has 1 aromatic carbocycles. The van der Waals surface area contributed by atoms with Gasteiger partial charge in [0.15, 0.2) is 11.5 Å². The molecule has 22 heavy (non-hydrogen) atoms. The van der Waals surface area contributed by atoms with E-state index in [-0.39, 0.29) is 17.9 Å². The first-order valence-corrected chi connectivity index (χ1v) is 6.87. The van der Waals surface area contributed by atoms with Gasteiger partial charge in [0.05, 0.1) is 13.2 Å². The van der Waals surface area contributed by atoms with Crippen molar-refractivity contribution in [3.8, 4) is 11.5 Å². The molecule has 0 fully saturated rings. The molecule has 1 aromatic rings. The highest BCUT2D eigenvalue weighted by molar-refractivity contribution is 6.49. The van der Waals surface area contributed by atoms with Gasteiger partial charge in [0, 0.05) is 26.2 Å². The molecule has 0 saturated heterocycles. The number of carbonyl (C=O) groups excluding carboxylic acids is 1. The molecular weight excluding hydrogens is 290 g/mol. The SMILES string of the molecule is COCCOc1cc2c(cc1OCCOC)C(=O)/C(=N/O)C2. The topological polar surface area (TPSA) is 86.6 Å². The lowest BCUT2D eigenvalue weighted by Gasteiger charge is -2.14. The quantitative estimate of drug-likeness (QED) is 0.442. The van der Waals surface area contributed by atoms with Crippen LogP contribution in [0.2, 0.25) is 0 Å². The van der Waals surface area contributed by atoms with E-state index in [0.717, 1.165) is 5.56 Å². The molecule has 0 heterocycles. The fourth-order valence-corrected chi connectivity index (χ4v) is 2.15. The highest BCUT2D eigenvalue weighted by atomic mass is 16.5. The van der Waals surface area contributed by atoms with Crippen LogP contribution in [0.15, 0.2) is 17.3 Å². The van der Waals surface area contributed by atoms with E-state index in [1.54, 1.807) is 26.4 Å². The van der Waals surface area contributed by atoms with Gasteiger partial charge in [-0.2, -0.15) is 0 Å². The van der Waals surface area contributed by atoms with Gasteiger partial charge in [-0.3, -0.25) is 4.79 Å². The van der Waals surface area contributed by atoms with Crippen LogP contribution in [0, 0.1) is 0 Å². The minimum absolute atomic E-state index is 0.117. The summed E-state index contributed by atoms with van der Waals surface area (Å²) in [5.41, 5.74) is 1.34.